The molecule has 0 unspecified atom stereocenters. The minimum atomic E-state index is 0.786. The molecular formula is C33H42N2. The van der Waals surface area contributed by atoms with Gasteiger partial charge in [0, 0.05) is 6.42 Å². The first-order chi connectivity index (χ1) is 17.2. The fourth-order valence-electron chi connectivity index (χ4n) is 3.46. The van der Waals surface area contributed by atoms with Crippen LogP contribution in [-0.2, 0) is 0 Å². The van der Waals surface area contributed by atoms with Gasteiger partial charge in [0.05, 0.1) is 17.1 Å². The highest BCUT2D eigenvalue weighted by molar-refractivity contribution is 6.49. The van der Waals surface area contributed by atoms with Crippen LogP contribution in [0.25, 0.3) is 12.2 Å². The molecule has 0 atom stereocenters. The number of unbranched alkanes of at least 4 members (excludes halogenated alkanes) is 4. The van der Waals surface area contributed by atoms with Crippen molar-refractivity contribution in [1.29, 1.82) is 0 Å². The van der Waals surface area contributed by atoms with E-state index in [1.807, 2.05) is 0 Å². The van der Waals surface area contributed by atoms with Crippen molar-refractivity contribution < 1.29 is 0 Å². The van der Waals surface area contributed by atoms with E-state index in [0.29, 0.717) is 0 Å². The molecule has 2 heteroatoms. The summed E-state index contributed by atoms with van der Waals surface area (Å²) < 4.78 is 0. The molecule has 0 amide bonds. The number of benzene rings is 2. The van der Waals surface area contributed by atoms with E-state index >= 15 is 0 Å². The standard InChI is InChI=1S/C33H42N2/c1-5-9-13-18-28-20-16-22-30(26-28)34-32(24-12-8-4)33(25-15-11-7-3)35-31-23-17-21-29(27-31)19-14-10-6-2/h13-14,16-23,26-27H,5-12,24H2,1-4H3. The summed E-state index contributed by atoms with van der Waals surface area (Å²) in [6.07, 6.45) is 18.2. The zero-order valence-corrected chi connectivity index (χ0v) is 22.2. The van der Waals surface area contributed by atoms with Gasteiger partial charge in [0.1, 0.15) is 5.71 Å². The van der Waals surface area contributed by atoms with E-state index in [-0.39, 0.29) is 0 Å². The molecule has 2 nitrogen and oxygen atoms in total. The lowest BCUT2D eigenvalue weighted by atomic mass is 10.1. The van der Waals surface area contributed by atoms with Crippen molar-refractivity contribution in [3.63, 3.8) is 0 Å². The normalized spacial score (nSPS) is 12.3. The van der Waals surface area contributed by atoms with Gasteiger partial charge in [0.15, 0.2) is 0 Å². The van der Waals surface area contributed by atoms with E-state index in [0.717, 1.165) is 80.6 Å². The molecule has 0 aliphatic carbocycles. The van der Waals surface area contributed by atoms with Crippen LogP contribution in [-0.4, -0.2) is 11.4 Å². The Morgan fingerprint density at radius 2 is 1.34 bits per heavy atom. The lowest BCUT2D eigenvalue weighted by Crippen LogP contribution is -2.12. The molecule has 0 fully saturated rings. The molecule has 0 aliphatic rings. The number of rotatable bonds is 13. The van der Waals surface area contributed by atoms with Gasteiger partial charge in [-0.25, -0.2) is 4.99 Å². The average Bonchev–Trinajstić information content (AvgIpc) is 2.87. The van der Waals surface area contributed by atoms with Crippen molar-refractivity contribution in [2.45, 2.75) is 85.5 Å². The van der Waals surface area contributed by atoms with E-state index < -0.39 is 0 Å². The van der Waals surface area contributed by atoms with Crippen LogP contribution >= 0.6 is 0 Å². The highest BCUT2D eigenvalue weighted by Gasteiger charge is 2.09. The summed E-state index contributed by atoms with van der Waals surface area (Å²) in [6, 6.07) is 16.8. The molecule has 2 rings (SSSR count). The first-order valence-electron chi connectivity index (χ1n) is 13.4. The molecule has 0 spiro atoms. The second-order valence-corrected chi connectivity index (χ2v) is 8.75. The van der Waals surface area contributed by atoms with Crippen molar-refractivity contribution in [1.82, 2.24) is 0 Å². The van der Waals surface area contributed by atoms with Gasteiger partial charge in [-0.05, 0) is 73.4 Å². The molecular weight excluding hydrogens is 424 g/mol. The molecule has 0 saturated carbocycles. The first-order valence-corrected chi connectivity index (χ1v) is 13.4. The Bertz CT molecular complexity index is 1070. The molecule has 0 radical (unpaired) electrons. The largest absolute Gasteiger partial charge is 0.250 e. The van der Waals surface area contributed by atoms with Crippen LogP contribution in [0.4, 0.5) is 11.4 Å². The second kappa shape index (κ2) is 17.3. The van der Waals surface area contributed by atoms with Gasteiger partial charge < -0.3 is 0 Å². The maximum Gasteiger partial charge on any atom is 0.135 e. The molecule has 2 aromatic rings. The lowest BCUT2D eigenvalue weighted by molar-refractivity contribution is 0.838. The maximum absolute atomic E-state index is 5.08. The summed E-state index contributed by atoms with van der Waals surface area (Å²) in [5.41, 5.74) is 5.97. The highest BCUT2D eigenvalue weighted by Crippen LogP contribution is 2.20. The Labute approximate surface area is 214 Å². The number of hydrogen-bond acceptors (Lipinski definition) is 2. The van der Waals surface area contributed by atoms with Crippen LogP contribution in [0, 0.1) is 11.8 Å². The van der Waals surface area contributed by atoms with Gasteiger partial charge in [-0.3, -0.25) is 4.99 Å². The summed E-state index contributed by atoms with van der Waals surface area (Å²) in [4.78, 5) is 10.1. The summed E-state index contributed by atoms with van der Waals surface area (Å²) >= 11 is 0. The van der Waals surface area contributed by atoms with Crippen molar-refractivity contribution in [2.24, 2.45) is 9.98 Å². The van der Waals surface area contributed by atoms with Gasteiger partial charge in [-0.1, -0.05) is 101 Å². The van der Waals surface area contributed by atoms with Crippen LogP contribution in [0.5, 0.6) is 0 Å². The Hall–Kier alpha value is -3.18. The predicted octanol–water partition coefficient (Wildman–Crippen LogP) is 10.2. The minimum absolute atomic E-state index is 0.786. The summed E-state index contributed by atoms with van der Waals surface area (Å²) in [7, 11) is 0. The molecule has 0 bridgehead atoms. The Kier molecular flexibility index (Phi) is 13.9. The SMILES string of the molecule is CCCC#CC(=Nc1cccc(C=CCCC)c1)C(CCCC)=Nc1cccc(C=CCCC)c1. The van der Waals surface area contributed by atoms with Gasteiger partial charge in [0.2, 0.25) is 0 Å². The van der Waals surface area contributed by atoms with E-state index in [2.05, 4.69) is 112 Å². The van der Waals surface area contributed by atoms with Crippen LogP contribution < -0.4 is 0 Å². The topological polar surface area (TPSA) is 24.7 Å². The van der Waals surface area contributed by atoms with Gasteiger partial charge in [0.25, 0.3) is 0 Å². The summed E-state index contributed by atoms with van der Waals surface area (Å²) in [5, 5.41) is 0. The van der Waals surface area contributed by atoms with E-state index in [1.165, 1.54) is 11.1 Å². The monoisotopic (exact) mass is 466 g/mol. The molecule has 0 aliphatic heterocycles. The quantitative estimate of drug-likeness (QED) is 0.207. The van der Waals surface area contributed by atoms with Crippen LogP contribution in [0.3, 0.4) is 0 Å². The second-order valence-electron chi connectivity index (χ2n) is 8.75. The summed E-state index contributed by atoms with van der Waals surface area (Å²) in [6.45, 7) is 8.76. The van der Waals surface area contributed by atoms with Crippen molar-refractivity contribution in [3.8, 4) is 11.8 Å². The minimum Gasteiger partial charge on any atom is -0.250 e. The zero-order chi connectivity index (χ0) is 25.1. The highest BCUT2D eigenvalue weighted by atomic mass is 14.8. The summed E-state index contributed by atoms with van der Waals surface area (Å²) in [5.74, 6) is 6.68. The van der Waals surface area contributed by atoms with Crippen molar-refractivity contribution in [3.05, 3.63) is 71.8 Å². The third kappa shape index (κ3) is 11.2. The molecule has 0 heterocycles. The molecule has 35 heavy (non-hydrogen) atoms. The number of nitrogens with zero attached hydrogens (tertiary/aromatic N) is 2. The van der Waals surface area contributed by atoms with Crippen molar-refractivity contribution in [2.75, 3.05) is 0 Å². The smallest absolute Gasteiger partial charge is 0.135 e. The zero-order valence-electron chi connectivity index (χ0n) is 22.2. The van der Waals surface area contributed by atoms with E-state index in [4.69, 9.17) is 9.98 Å². The maximum atomic E-state index is 5.08. The molecule has 0 N–H and O–H groups in total. The first kappa shape index (κ1) is 28.1. The van der Waals surface area contributed by atoms with Crippen LogP contribution in [0.15, 0.2) is 70.7 Å². The lowest BCUT2D eigenvalue weighted by Gasteiger charge is -2.07. The molecule has 0 aromatic heterocycles. The van der Waals surface area contributed by atoms with Crippen molar-refractivity contribution >= 4 is 35.0 Å². The number of hydrogen-bond donors (Lipinski definition) is 0. The third-order valence-corrected chi connectivity index (χ3v) is 5.40. The van der Waals surface area contributed by atoms with Gasteiger partial charge in [-0.15, -0.1) is 0 Å². The number of aliphatic imine (C=N–C) groups is 2. The molecule has 0 saturated heterocycles. The van der Waals surface area contributed by atoms with Gasteiger partial charge in [-0.2, -0.15) is 0 Å². The average molecular weight is 467 g/mol. The number of allylic oxidation sites excluding steroid dienone is 2. The molecule has 184 valence electrons. The van der Waals surface area contributed by atoms with Crippen LogP contribution in [0.2, 0.25) is 0 Å². The Morgan fingerprint density at radius 3 is 1.89 bits per heavy atom. The fraction of sp³-hybridized carbons (Fsp3) is 0.394. The van der Waals surface area contributed by atoms with Gasteiger partial charge >= 0.3 is 0 Å². The van der Waals surface area contributed by atoms with E-state index in [1.54, 1.807) is 0 Å². The Morgan fingerprint density at radius 1 is 0.743 bits per heavy atom. The Balaban J connectivity index is 2.49. The third-order valence-electron chi connectivity index (χ3n) is 5.40. The predicted molar refractivity (Wildman–Crippen MR) is 157 cm³/mol. The van der Waals surface area contributed by atoms with E-state index in [9.17, 15) is 0 Å². The van der Waals surface area contributed by atoms with Crippen LogP contribution in [0.1, 0.15) is 96.6 Å². The fourth-order valence-corrected chi connectivity index (χ4v) is 3.46. The molecule has 2 aromatic carbocycles.